The molecule has 138 valence electrons. The van der Waals surface area contributed by atoms with Crippen LogP contribution in [-0.4, -0.2) is 50.9 Å². The van der Waals surface area contributed by atoms with Gasteiger partial charge >= 0.3 is 12.1 Å². The highest BCUT2D eigenvalue weighted by Crippen LogP contribution is 2.46. The number of carboxylic acids is 1. The molecule has 1 aliphatic heterocycles. The van der Waals surface area contributed by atoms with Crippen molar-refractivity contribution < 1.29 is 27.9 Å². The zero-order valence-corrected chi connectivity index (χ0v) is 14.0. The summed E-state index contributed by atoms with van der Waals surface area (Å²) in [6.07, 6.45) is -3.04. The van der Waals surface area contributed by atoms with E-state index in [9.17, 15) is 22.8 Å². The van der Waals surface area contributed by atoms with Crippen molar-refractivity contribution in [2.45, 2.75) is 12.6 Å². The number of halogens is 4. The Morgan fingerprint density at radius 2 is 2.04 bits per heavy atom. The molecule has 0 aliphatic carbocycles. The van der Waals surface area contributed by atoms with Gasteiger partial charge in [-0.15, -0.1) is 0 Å². The van der Waals surface area contributed by atoms with E-state index in [2.05, 4.69) is 5.10 Å². The average Bonchev–Trinajstić information content (AvgIpc) is 3.22. The molecule has 2 aromatic rings. The van der Waals surface area contributed by atoms with Gasteiger partial charge in [-0.05, 0) is 24.6 Å². The van der Waals surface area contributed by atoms with E-state index in [0.717, 1.165) is 4.90 Å². The number of rotatable bonds is 3. The molecule has 1 fully saturated rings. The minimum Gasteiger partial charge on any atom is -0.481 e. The predicted molar refractivity (Wildman–Crippen MR) is 85.2 cm³/mol. The standard InChI is InChI=1S/C16H13ClF3N3O3/c17-11-2-1-3-12(6-11)23-8-10(7-21-23)13(24)22-5-4-15(9-22,14(25)26)16(18,19)20/h1-3,6-8H,4-5,9H2,(H,25,26). The highest BCUT2D eigenvalue weighted by atomic mass is 35.5. The largest absolute Gasteiger partial charge is 0.481 e. The highest BCUT2D eigenvalue weighted by molar-refractivity contribution is 6.30. The summed E-state index contributed by atoms with van der Waals surface area (Å²) in [6.45, 7) is -1.22. The van der Waals surface area contributed by atoms with Crippen molar-refractivity contribution in [3.63, 3.8) is 0 Å². The zero-order chi connectivity index (χ0) is 19.1. The van der Waals surface area contributed by atoms with Crippen molar-refractivity contribution >= 4 is 23.5 Å². The first kappa shape index (κ1) is 18.2. The maximum Gasteiger partial charge on any atom is 0.406 e. The van der Waals surface area contributed by atoms with Crippen molar-refractivity contribution in [1.29, 1.82) is 0 Å². The van der Waals surface area contributed by atoms with Crippen LogP contribution in [0, 0.1) is 5.41 Å². The fraction of sp³-hybridized carbons (Fsp3) is 0.312. The lowest BCUT2D eigenvalue weighted by Crippen LogP contribution is -2.47. The minimum atomic E-state index is -4.95. The zero-order valence-electron chi connectivity index (χ0n) is 13.2. The quantitative estimate of drug-likeness (QED) is 0.878. The molecule has 0 saturated carbocycles. The summed E-state index contributed by atoms with van der Waals surface area (Å²) in [4.78, 5) is 24.6. The number of nitrogens with zero attached hydrogens (tertiary/aromatic N) is 3. The van der Waals surface area contributed by atoms with E-state index in [1.165, 1.54) is 17.1 Å². The molecule has 1 aromatic heterocycles. The molecular weight excluding hydrogens is 375 g/mol. The van der Waals surface area contributed by atoms with Crippen LogP contribution in [0.5, 0.6) is 0 Å². The smallest absolute Gasteiger partial charge is 0.406 e. The van der Waals surface area contributed by atoms with Crippen molar-refractivity contribution in [2.75, 3.05) is 13.1 Å². The van der Waals surface area contributed by atoms with E-state index in [0.29, 0.717) is 10.7 Å². The third-order valence-electron chi connectivity index (χ3n) is 4.41. The lowest BCUT2D eigenvalue weighted by Gasteiger charge is -2.27. The summed E-state index contributed by atoms with van der Waals surface area (Å²) in [5.41, 5.74) is -2.30. The Kier molecular flexibility index (Phi) is 4.43. The minimum absolute atomic E-state index is 0.0633. The number of alkyl halides is 3. The van der Waals surface area contributed by atoms with Crippen LogP contribution in [0.3, 0.4) is 0 Å². The first-order valence-corrected chi connectivity index (χ1v) is 7.92. The predicted octanol–water partition coefficient (Wildman–Crippen LogP) is 3.00. The molecule has 2 heterocycles. The van der Waals surface area contributed by atoms with E-state index >= 15 is 0 Å². The van der Waals surface area contributed by atoms with Gasteiger partial charge in [0, 0.05) is 24.3 Å². The Hall–Kier alpha value is -2.55. The van der Waals surface area contributed by atoms with Gasteiger partial charge in [-0.2, -0.15) is 18.3 Å². The first-order valence-electron chi connectivity index (χ1n) is 7.54. The van der Waals surface area contributed by atoms with Gasteiger partial charge < -0.3 is 10.0 Å². The van der Waals surface area contributed by atoms with Gasteiger partial charge in [-0.3, -0.25) is 9.59 Å². The molecule has 0 radical (unpaired) electrons. The molecule has 1 saturated heterocycles. The topological polar surface area (TPSA) is 75.4 Å². The van der Waals surface area contributed by atoms with Gasteiger partial charge in [0.15, 0.2) is 5.41 Å². The second kappa shape index (κ2) is 6.31. The fourth-order valence-corrected chi connectivity index (χ4v) is 3.07. The van der Waals surface area contributed by atoms with Crippen molar-refractivity contribution in [3.05, 3.63) is 47.2 Å². The van der Waals surface area contributed by atoms with Crippen molar-refractivity contribution in [3.8, 4) is 5.69 Å². The molecule has 10 heteroatoms. The lowest BCUT2D eigenvalue weighted by atomic mass is 9.86. The van der Waals surface area contributed by atoms with Gasteiger partial charge in [-0.1, -0.05) is 17.7 Å². The number of amides is 1. The van der Waals surface area contributed by atoms with Gasteiger partial charge in [0.05, 0.1) is 17.4 Å². The van der Waals surface area contributed by atoms with Crippen molar-refractivity contribution in [2.24, 2.45) is 5.41 Å². The Bertz CT molecular complexity index is 868. The Morgan fingerprint density at radius 3 is 2.62 bits per heavy atom. The van der Waals surface area contributed by atoms with Crippen LogP contribution < -0.4 is 0 Å². The fourth-order valence-electron chi connectivity index (χ4n) is 2.89. The number of benzene rings is 1. The van der Waals surface area contributed by atoms with Crippen molar-refractivity contribution in [1.82, 2.24) is 14.7 Å². The second-order valence-corrected chi connectivity index (χ2v) is 6.45. The maximum absolute atomic E-state index is 13.2. The van der Waals surface area contributed by atoms with Crippen LogP contribution in [0.4, 0.5) is 13.2 Å². The van der Waals surface area contributed by atoms with E-state index in [1.54, 1.807) is 24.3 Å². The summed E-state index contributed by atoms with van der Waals surface area (Å²) in [5.74, 6) is -2.68. The Balaban J connectivity index is 1.82. The number of carboxylic acid groups (broad SMARTS) is 1. The van der Waals surface area contributed by atoms with Crippen LogP contribution in [0.15, 0.2) is 36.7 Å². The van der Waals surface area contributed by atoms with E-state index in [4.69, 9.17) is 16.7 Å². The summed E-state index contributed by atoms with van der Waals surface area (Å²) in [7, 11) is 0. The van der Waals surface area contributed by atoms with Crippen LogP contribution in [0.2, 0.25) is 5.02 Å². The summed E-state index contributed by atoms with van der Waals surface area (Å²) in [6, 6.07) is 6.65. The van der Waals surface area contributed by atoms with E-state index < -0.39 is 36.4 Å². The number of carbonyl (C=O) groups excluding carboxylic acids is 1. The monoisotopic (exact) mass is 387 g/mol. The van der Waals surface area contributed by atoms with Gasteiger partial charge in [0.1, 0.15) is 0 Å². The lowest BCUT2D eigenvalue weighted by molar-refractivity contribution is -0.227. The molecule has 26 heavy (non-hydrogen) atoms. The van der Waals surface area contributed by atoms with Crippen LogP contribution in [-0.2, 0) is 4.79 Å². The molecule has 1 unspecified atom stereocenters. The number of likely N-dealkylation sites (tertiary alicyclic amines) is 1. The maximum atomic E-state index is 13.2. The van der Waals surface area contributed by atoms with Crippen LogP contribution in [0.1, 0.15) is 16.8 Å². The van der Waals surface area contributed by atoms with Crippen LogP contribution in [0.25, 0.3) is 5.69 Å². The molecule has 1 amide bonds. The summed E-state index contributed by atoms with van der Waals surface area (Å²) < 4.78 is 41.0. The number of hydrogen-bond donors (Lipinski definition) is 1. The number of aliphatic carboxylic acids is 1. The van der Waals surface area contributed by atoms with E-state index in [1.807, 2.05) is 0 Å². The molecule has 1 aromatic carbocycles. The Morgan fingerprint density at radius 1 is 1.31 bits per heavy atom. The number of hydrogen-bond acceptors (Lipinski definition) is 3. The average molecular weight is 388 g/mol. The van der Waals surface area contributed by atoms with Crippen LogP contribution >= 0.6 is 11.6 Å². The Labute approximate surface area is 150 Å². The van der Waals surface area contributed by atoms with E-state index in [-0.39, 0.29) is 12.1 Å². The van der Waals surface area contributed by atoms with Gasteiger partial charge in [-0.25, -0.2) is 4.68 Å². The third-order valence-corrected chi connectivity index (χ3v) is 4.65. The highest BCUT2D eigenvalue weighted by Gasteiger charge is 2.64. The van der Waals surface area contributed by atoms with Gasteiger partial charge in [0.25, 0.3) is 5.91 Å². The molecule has 0 bridgehead atoms. The molecule has 6 nitrogen and oxygen atoms in total. The first-order chi connectivity index (χ1) is 12.1. The SMILES string of the molecule is O=C(c1cnn(-c2cccc(Cl)c2)c1)N1CCC(C(=O)O)(C(F)(F)F)C1. The normalized spacial score (nSPS) is 20.4. The molecule has 1 aliphatic rings. The second-order valence-electron chi connectivity index (χ2n) is 6.02. The molecule has 0 spiro atoms. The molecular formula is C16H13ClF3N3O3. The third kappa shape index (κ3) is 3.03. The number of aromatic nitrogens is 2. The molecule has 1 N–H and O–H groups in total. The number of carbonyl (C=O) groups is 2. The summed E-state index contributed by atoms with van der Waals surface area (Å²) in [5, 5.41) is 13.5. The molecule has 3 rings (SSSR count). The molecule has 1 atom stereocenters. The van der Waals surface area contributed by atoms with Gasteiger partial charge in [0.2, 0.25) is 0 Å². The summed E-state index contributed by atoms with van der Waals surface area (Å²) >= 11 is 5.89.